The third-order valence-electron chi connectivity index (χ3n) is 7.07. The molecule has 3 nitrogen and oxygen atoms in total. The Labute approximate surface area is 294 Å². The maximum Gasteiger partial charge on any atom is 0.460 e. The van der Waals surface area contributed by atoms with Crippen molar-refractivity contribution in [2.24, 2.45) is 0 Å². The number of hydrogen-bond acceptors (Lipinski definition) is 3. The summed E-state index contributed by atoms with van der Waals surface area (Å²) < 4.78 is 394. The Morgan fingerprint density at radius 3 is 0.982 bits per heavy atom. The summed E-state index contributed by atoms with van der Waals surface area (Å²) in [5.41, 5.74) is 0. The summed E-state index contributed by atoms with van der Waals surface area (Å²) >= 11 is -0.601. The largest absolute Gasteiger partial charge is 0.460 e. The summed E-state index contributed by atoms with van der Waals surface area (Å²) in [6.07, 6.45) is -10.4. The van der Waals surface area contributed by atoms with Crippen LogP contribution in [0.25, 0.3) is 0 Å². The molecule has 0 rings (SSSR count). The summed E-state index contributed by atoms with van der Waals surface area (Å²) in [5.74, 6) is -123. The quantitative estimate of drug-likeness (QED) is 0.0709. The van der Waals surface area contributed by atoms with Gasteiger partial charge in [-0.05, 0) is 12.8 Å². The van der Waals surface area contributed by atoms with Gasteiger partial charge in [0.2, 0.25) is 0 Å². The van der Waals surface area contributed by atoms with Crippen molar-refractivity contribution < 1.29 is 137 Å². The van der Waals surface area contributed by atoms with Crippen LogP contribution in [-0.2, 0) is 4.79 Å². The lowest BCUT2D eigenvalue weighted by Gasteiger charge is -2.46. The first kappa shape index (κ1) is 53.5. The van der Waals surface area contributed by atoms with E-state index in [1.165, 1.54) is 0 Å². The number of unbranched alkanes of at least 4 members (excludes halogenated alkanes) is 3. The van der Waals surface area contributed by atoms with Crippen LogP contribution in [0.4, 0.5) is 132 Å². The minimum absolute atomic E-state index is 0.0248. The molecule has 0 fully saturated rings. The molecule has 0 aromatic rings. The van der Waals surface area contributed by atoms with Crippen LogP contribution < -0.4 is 5.32 Å². The summed E-state index contributed by atoms with van der Waals surface area (Å²) in [6, 6.07) is 0. The van der Waals surface area contributed by atoms with Crippen LogP contribution in [0.1, 0.15) is 32.1 Å². The molecule has 0 saturated heterocycles. The molecule has 1 N–H and O–H groups in total. The van der Waals surface area contributed by atoms with E-state index in [9.17, 15) is 137 Å². The molecule has 0 heterocycles. The van der Waals surface area contributed by atoms with Crippen LogP contribution in [0, 0.1) is 0 Å². The van der Waals surface area contributed by atoms with Crippen molar-refractivity contribution in [3.8, 4) is 0 Å². The topological polar surface area (TPSA) is 46.2 Å². The molecule has 0 aliphatic rings. The van der Waals surface area contributed by atoms with Crippen molar-refractivity contribution in [3.63, 3.8) is 0 Å². The van der Waals surface area contributed by atoms with Crippen LogP contribution in [0.2, 0.25) is 0 Å². The van der Waals surface area contributed by atoms with E-state index >= 15 is 0 Å². The highest BCUT2D eigenvalue weighted by molar-refractivity contribution is 8.13. The number of aldehydes is 1. The van der Waals surface area contributed by atoms with Crippen LogP contribution in [-0.4, -0.2) is 107 Å². The van der Waals surface area contributed by atoms with E-state index in [0.717, 1.165) is 0 Å². The minimum Gasteiger partial charge on any atom is -0.347 e. The van der Waals surface area contributed by atoms with Gasteiger partial charge in [0.05, 0.1) is 0 Å². The average Bonchev–Trinajstić information content (AvgIpc) is 3.00. The van der Waals surface area contributed by atoms with Gasteiger partial charge < -0.3 is 10.1 Å². The number of alkyl halides is 29. The molecule has 334 valence electrons. The minimum atomic E-state index is -9.96. The Balaban J connectivity index is 6.90. The highest BCUT2D eigenvalue weighted by Gasteiger charge is 3.00. The van der Waals surface area contributed by atoms with Gasteiger partial charge in [-0.15, -0.1) is 0 Å². The Morgan fingerprint density at radius 2 is 0.696 bits per heavy atom. The van der Waals surface area contributed by atoms with Gasteiger partial charge in [0.25, 0.3) is 5.24 Å². The third-order valence-corrected chi connectivity index (χ3v) is 7.89. The van der Waals surface area contributed by atoms with Crippen molar-refractivity contribution >= 4 is 23.3 Å². The fourth-order valence-electron chi connectivity index (χ4n) is 3.58. The second-order valence-electron chi connectivity index (χ2n) is 10.9. The molecule has 56 heavy (non-hydrogen) atoms. The maximum absolute atomic E-state index is 14.0. The summed E-state index contributed by atoms with van der Waals surface area (Å²) in [7, 11) is 0. The molecule has 33 heteroatoms. The first-order valence-corrected chi connectivity index (χ1v) is 14.5. The van der Waals surface area contributed by atoms with Crippen LogP contribution in [0.15, 0.2) is 0 Å². The molecule has 0 aliphatic heterocycles. The normalized spacial score (nSPS) is 15.9. The first-order chi connectivity index (χ1) is 24.2. The van der Waals surface area contributed by atoms with Crippen molar-refractivity contribution in [1.29, 1.82) is 0 Å². The number of carbonyl (C=O) groups is 2. The summed E-state index contributed by atoms with van der Waals surface area (Å²) in [5, 5.41) is 0.302. The number of amides is 1. The van der Waals surface area contributed by atoms with Gasteiger partial charge in [-0.25, -0.2) is 0 Å². The number of halogens is 29. The van der Waals surface area contributed by atoms with Gasteiger partial charge >= 0.3 is 83.2 Å². The molecule has 0 saturated carbocycles. The molecule has 0 atom stereocenters. The van der Waals surface area contributed by atoms with Gasteiger partial charge in [-0.2, -0.15) is 127 Å². The smallest absolute Gasteiger partial charge is 0.347 e. The second-order valence-corrected chi connectivity index (χ2v) is 12.0. The van der Waals surface area contributed by atoms with E-state index in [2.05, 4.69) is 0 Å². The summed E-state index contributed by atoms with van der Waals surface area (Å²) in [4.78, 5) is 21.6. The Hall–Kier alpha value is -2.54. The average molecular weight is 921 g/mol. The number of thioether (sulfide) groups is 1. The van der Waals surface area contributed by atoms with E-state index in [-0.39, 0.29) is 32.2 Å². The third kappa shape index (κ3) is 7.82. The van der Waals surface area contributed by atoms with E-state index in [1.807, 2.05) is 5.32 Å². The molecular formula is C23H16F29NO2S. The van der Waals surface area contributed by atoms with Crippen LogP contribution >= 0.6 is 11.8 Å². The van der Waals surface area contributed by atoms with Crippen molar-refractivity contribution in [2.75, 3.05) is 12.3 Å². The molecule has 0 spiro atoms. The van der Waals surface area contributed by atoms with E-state index in [1.54, 1.807) is 0 Å². The lowest BCUT2D eigenvalue weighted by atomic mass is 9.83. The number of rotatable bonds is 21. The molecule has 0 aromatic heterocycles. The number of hydrogen-bond donors (Lipinski definition) is 1. The highest BCUT2D eigenvalue weighted by Crippen LogP contribution is 2.69. The second kappa shape index (κ2) is 15.6. The molecular weight excluding hydrogens is 905 g/mol. The molecule has 0 bridgehead atoms. The zero-order valence-electron chi connectivity index (χ0n) is 25.7. The molecule has 0 radical (unpaired) electrons. The fourth-order valence-corrected chi connectivity index (χ4v) is 4.33. The highest BCUT2D eigenvalue weighted by atomic mass is 32.2. The Kier molecular flexibility index (Phi) is 14.9. The van der Waals surface area contributed by atoms with E-state index in [0.29, 0.717) is 6.29 Å². The van der Waals surface area contributed by atoms with Gasteiger partial charge in [-0.1, -0.05) is 18.2 Å². The van der Waals surface area contributed by atoms with E-state index < -0.39 is 112 Å². The zero-order valence-corrected chi connectivity index (χ0v) is 26.5. The fraction of sp³-hybridized carbons (Fsp3) is 0.913. The van der Waals surface area contributed by atoms with Crippen molar-refractivity contribution in [1.82, 2.24) is 5.32 Å². The lowest BCUT2D eigenvalue weighted by molar-refractivity contribution is -0.487. The predicted octanol–water partition coefficient (Wildman–Crippen LogP) is 11.4. The van der Waals surface area contributed by atoms with Gasteiger partial charge in [-0.3, -0.25) is 4.79 Å². The SMILES string of the molecule is O=CCCCCCNC(=O)SCCC(F)(F)C(F)(F)C(F)(F)C(F)(F)C(F)(F)C(F)(F)C(F)(F)C(F)(F)C(F)(F)C(F)(F)C(F)(F)C(F)(F)C(F)(F)C(F)(F)F. The Morgan fingerprint density at radius 1 is 0.411 bits per heavy atom. The standard InChI is InChI=1S/C23H16F29NO2S/c24-10(25,5-8-56-9(55)53-6-3-1-2-4-7-54)11(26,27)12(28,29)13(30,31)14(32,33)15(34,35)16(36,37)17(38,39)18(40,41)19(42,43)20(44,45)21(46,47)22(48,49)23(50,51)52/h7H,1-6,8H2,(H,53,55). The van der Waals surface area contributed by atoms with E-state index in [4.69, 9.17) is 0 Å². The molecule has 0 unspecified atom stereocenters. The van der Waals surface area contributed by atoms with Crippen molar-refractivity contribution in [3.05, 3.63) is 0 Å². The van der Waals surface area contributed by atoms with Crippen LogP contribution in [0.5, 0.6) is 0 Å². The Bertz CT molecular complexity index is 1370. The van der Waals surface area contributed by atoms with Gasteiger partial charge in [0.1, 0.15) is 6.29 Å². The maximum atomic E-state index is 14.0. The molecule has 1 amide bonds. The molecule has 0 aliphatic carbocycles. The first-order valence-electron chi connectivity index (χ1n) is 13.5. The number of carbonyl (C=O) groups excluding carboxylic acids is 2. The van der Waals surface area contributed by atoms with Gasteiger partial charge in [0.15, 0.2) is 0 Å². The molecule has 0 aromatic carbocycles. The summed E-state index contributed by atoms with van der Waals surface area (Å²) in [6.45, 7) is -0.374. The monoisotopic (exact) mass is 921 g/mol. The van der Waals surface area contributed by atoms with Crippen LogP contribution in [0.3, 0.4) is 0 Å². The zero-order chi connectivity index (χ0) is 45.6. The van der Waals surface area contributed by atoms with Gasteiger partial charge in [0, 0.05) is 25.1 Å². The van der Waals surface area contributed by atoms with Crippen molar-refractivity contribution in [2.45, 2.75) is 115 Å². The number of nitrogens with one attached hydrogen (secondary N) is 1. The predicted molar refractivity (Wildman–Crippen MR) is 125 cm³/mol. The lowest BCUT2D eigenvalue weighted by Crippen LogP contribution is -2.79.